The maximum Gasteiger partial charge on any atom is 0.144 e. The molecule has 1 aromatic rings. The first-order valence-electron chi connectivity index (χ1n) is 6.13. The third-order valence-electron chi connectivity index (χ3n) is 3.05. The van der Waals surface area contributed by atoms with Gasteiger partial charge < -0.3 is 10.4 Å². The highest BCUT2D eigenvalue weighted by Gasteiger charge is 2.14. The molecule has 0 fully saturated rings. The highest BCUT2D eigenvalue weighted by molar-refractivity contribution is 5.54. The molecule has 1 aliphatic carbocycles. The number of aliphatic hydroxyl groups is 1. The number of nitrogens with one attached hydrogen (secondary N) is 1. The first kappa shape index (κ1) is 11.9. The quantitative estimate of drug-likeness (QED) is 0.773. The van der Waals surface area contributed by atoms with Crippen LogP contribution in [0.3, 0.4) is 0 Å². The summed E-state index contributed by atoms with van der Waals surface area (Å²) in [5, 5.41) is 21.0. The van der Waals surface area contributed by atoms with Crippen molar-refractivity contribution in [1.29, 1.82) is 5.26 Å². The monoisotopic (exact) mass is 231 g/mol. The van der Waals surface area contributed by atoms with E-state index in [-0.39, 0.29) is 6.61 Å². The number of fused-ring (bicyclic) bond motifs is 1. The summed E-state index contributed by atoms with van der Waals surface area (Å²) in [4.78, 5) is 4.54. The van der Waals surface area contributed by atoms with Crippen molar-refractivity contribution in [2.75, 3.05) is 18.5 Å². The van der Waals surface area contributed by atoms with Crippen LogP contribution < -0.4 is 5.32 Å². The van der Waals surface area contributed by atoms with Crippen LogP contribution in [0.15, 0.2) is 6.07 Å². The molecule has 2 N–H and O–H groups in total. The Morgan fingerprint density at radius 2 is 2.24 bits per heavy atom. The van der Waals surface area contributed by atoms with Gasteiger partial charge in [0.05, 0.1) is 5.56 Å². The van der Waals surface area contributed by atoms with Crippen LogP contribution in [0.25, 0.3) is 0 Å². The molecule has 0 atom stereocenters. The van der Waals surface area contributed by atoms with Crippen LogP contribution in [0.1, 0.15) is 36.1 Å². The fourth-order valence-corrected chi connectivity index (χ4v) is 2.14. The number of nitrogens with zero attached hydrogens (tertiary/aromatic N) is 2. The van der Waals surface area contributed by atoms with Gasteiger partial charge in [-0.05, 0) is 43.7 Å². The fraction of sp³-hybridized carbons (Fsp3) is 0.538. The summed E-state index contributed by atoms with van der Waals surface area (Å²) >= 11 is 0. The third-order valence-corrected chi connectivity index (χ3v) is 3.05. The van der Waals surface area contributed by atoms with Crippen LogP contribution >= 0.6 is 0 Å². The lowest BCUT2D eigenvalue weighted by Gasteiger charge is -2.17. The molecule has 2 rings (SSSR count). The summed E-state index contributed by atoms with van der Waals surface area (Å²) in [6.45, 7) is 0.802. The Kier molecular flexibility index (Phi) is 3.94. The minimum absolute atomic E-state index is 0.153. The average molecular weight is 231 g/mol. The molecular weight excluding hydrogens is 214 g/mol. The zero-order valence-electron chi connectivity index (χ0n) is 9.87. The zero-order chi connectivity index (χ0) is 12.1. The number of aryl methyl sites for hydroxylation is 2. The number of anilines is 1. The van der Waals surface area contributed by atoms with Crippen molar-refractivity contribution in [3.05, 3.63) is 22.9 Å². The fourth-order valence-electron chi connectivity index (χ4n) is 2.14. The highest BCUT2D eigenvalue weighted by atomic mass is 16.3. The largest absolute Gasteiger partial charge is 0.396 e. The molecule has 1 aliphatic rings. The molecule has 0 amide bonds. The third kappa shape index (κ3) is 2.75. The summed E-state index contributed by atoms with van der Waals surface area (Å²) in [5.41, 5.74) is 2.96. The number of aliphatic hydroxyl groups excluding tert-OH is 1. The lowest BCUT2D eigenvalue weighted by Crippen LogP contribution is -2.12. The van der Waals surface area contributed by atoms with Gasteiger partial charge in [-0.25, -0.2) is 4.98 Å². The van der Waals surface area contributed by atoms with E-state index >= 15 is 0 Å². The van der Waals surface area contributed by atoms with Crippen molar-refractivity contribution < 1.29 is 5.11 Å². The number of pyridine rings is 1. The van der Waals surface area contributed by atoms with Crippen LogP contribution in [0.2, 0.25) is 0 Å². The van der Waals surface area contributed by atoms with Gasteiger partial charge in [0, 0.05) is 18.8 Å². The predicted molar refractivity (Wildman–Crippen MR) is 65.8 cm³/mol. The zero-order valence-corrected chi connectivity index (χ0v) is 9.87. The van der Waals surface area contributed by atoms with E-state index in [4.69, 9.17) is 10.4 Å². The molecule has 0 spiro atoms. The number of nitriles is 1. The number of aromatic nitrogens is 1. The van der Waals surface area contributed by atoms with E-state index in [1.807, 2.05) is 6.07 Å². The molecule has 17 heavy (non-hydrogen) atoms. The van der Waals surface area contributed by atoms with Crippen molar-refractivity contribution in [2.24, 2.45) is 0 Å². The van der Waals surface area contributed by atoms with Crippen molar-refractivity contribution in [3.63, 3.8) is 0 Å². The van der Waals surface area contributed by atoms with Gasteiger partial charge in [-0.1, -0.05) is 0 Å². The Morgan fingerprint density at radius 3 is 3.00 bits per heavy atom. The lowest BCUT2D eigenvalue weighted by atomic mass is 9.95. The molecule has 90 valence electrons. The predicted octanol–water partition coefficient (Wildman–Crippen LogP) is 1.63. The van der Waals surface area contributed by atoms with Gasteiger partial charge in [0.15, 0.2) is 0 Å². The van der Waals surface area contributed by atoms with Crippen molar-refractivity contribution in [1.82, 2.24) is 4.98 Å². The van der Waals surface area contributed by atoms with Gasteiger partial charge in [-0.3, -0.25) is 0 Å². The smallest absolute Gasteiger partial charge is 0.144 e. The van der Waals surface area contributed by atoms with Crippen molar-refractivity contribution in [2.45, 2.75) is 32.1 Å². The lowest BCUT2D eigenvalue weighted by molar-refractivity contribution is 0.292. The molecule has 0 bridgehead atoms. The van der Waals surface area contributed by atoms with Crippen LogP contribution in [-0.2, 0) is 12.8 Å². The van der Waals surface area contributed by atoms with Gasteiger partial charge in [-0.2, -0.15) is 5.26 Å². The highest BCUT2D eigenvalue weighted by Crippen LogP contribution is 2.24. The summed E-state index contributed by atoms with van der Waals surface area (Å²) in [5.74, 6) is 0.668. The first-order chi connectivity index (χ1) is 8.35. The normalized spacial score (nSPS) is 13.9. The van der Waals surface area contributed by atoms with Gasteiger partial charge in [-0.15, -0.1) is 0 Å². The van der Waals surface area contributed by atoms with E-state index in [0.717, 1.165) is 18.5 Å². The van der Waals surface area contributed by atoms with Gasteiger partial charge in [0.1, 0.15) is 11.9 Å². The molecule has 0 aromatic carbocycles. The molecule has 4 heteroatoms. The minimum atomic E-state index is 0.153. The summed E-state index contributed by atoms with van der Waals surface area (Å²) in [6, 6.07) is 4.15. The average Bonchev–Trinajstić information content (AvgIpc) is 2.38. The second-order valence-corrected chi connectivity index (χ2v) is 4.31. The van der Waals surface area contributed by atoms with Gasteiger partial charge >= 0.3 is 0 Å². The summed E-state index contributed by atoms with van der Waals surface area (Å²) < 4.78 is 0. The molecule has 1 heterocycles. The minimum Gasteiger partial charge on any atom is -0.396 e. The number of rotatable bonds is 4. The van der Waals surface area contributed by atoms with Crippen molar-refractivity contribution >= 4 is 5.82 Å². The van der Waals surface area contributed by atoms with E-state index in [2.05, 4.69) is 16.4 Å². The van der Waals surface area contributed by atoms with Crippen LogP contribution in [0.4, 0.5) is 5.82 Å². The first-order valence-corrected chi connectivity index (χ1v) is 6.13. The molecule has 0 aliphatic heterocycles. The number of hydrogen-bond acceptors (Lipinski definition) is 4. The Labute approximate surface area is 101 Å². The topological polar surface area (TPSA) is 68.9 Å². The summed E-state index contributed by atoms with van der Waals surface area (Å²) in [7, 11) is 0. The molecule has 0 radical (unpaired) electrons. The van der Waals surface area contributed by atoms with Gasteiger partial charge in [0.25, 0.3) is 0 Å². The second kappa shape index (κ2) is 5.65. The van der Waals surface area contributed by atoms with Gasteiger partial charge in [0.2, 0.25) is 0 Å². The van der Waals surface area contributed by atoms with E-state index in [1.54, 1.807) is 0 Å². The van der Waals surface area contributed by atoms with Crippen molar-refractivity contribution in [3.8, 4) is 6.07 Å². The maximum atomic E-state index is 9.10. The maximum absolute atomic E-state index is 9.10. The molecule has 0 saturated carbocycles. The second-order valence-electron chi connectivity index (χ2n) is 4.31. The van der Waals surface area contributed by atoms with Crippen LogP contribution in [0, 0.1) is 11.3 Å². The van der Waals surface area contributed by atoms with Crippen LogP contribution in [-0.4, -0.2) is 23.2 Å². The Balaban J connectivity index is 2.21. The molecule has 4 nitrogen and oxygen atoms in total. The standard InChI is InChI=1S/C13H17N3O/c14-9-11-8-10-4-1-2-5-12(10)16-13(11)15-6-3-7-17/h8,17H,1-7H2,(H,15,16). The number of hydrogen-bond donors (Lipinski definition) is 2. The molecule has 0 unspecified atom stereocenters. The Morgan fingerprint density at radius 1 is 1.41 bits per heavy atom. The molecule has 0 saturated heterocycles. The Hall–Kier alpha value is -1.60. The van der Waals surface area contributed by atoms with E-state index in [9.17, 15) is 0 Å². The SMILES string of the molecule is N#Cc1cc2c(nc1NCCCO)CCCC2. The van der Waals surface area contributed by atoms with E-state index in [0.29, 0.717) is 24.3 Å². The Bertz CT molecular complexity index is 437. The van der Waals surface area contributed by atoms with E-state index < -0.39 is 0 Å². The summed E-state index contributed by atoms with van der Waals surface area (Å²) in [6.07, 6.45) is 5.09. The van der Waals surface area contributed by atoms with E-state index in [1.165, 1.54) is 18.4 Å². The molecular formula is C13H17N3O. The molecule has 1 aromatic heterocycles. The van der Waals surface area contributed by atoms with Crippen LogP contribution in [0.5, 0.6) is 0 Å².